The molecule has 0 unspecified atom stereocenters. The summed E-state index contributed by atoms with van der Waals surface area (Å²) < 4.78 is 47.3. The summed E-state index contributed by atoms with van der Waals surface area (Å²) in [5.74, 6) is -1.72. The summed E-state index contributed by atoms with van der Waals surface area (Å²) in [5.41, 5.74) is 0.00191. The third kappa shape index (κ3) is 6.17. The van der Waals surface area contributed by atoms with Gasteiger partial charge >= 0.3 is 12.3 Å². The molecule has 0 spiro atoms. The van der Waals surface area contributed by atoms with Gasteiger partial charge in [-0.1, -0.05) is 18.2 Å². The Labute approximate surface area is 151 Å². The van der Waals surface area contributed by atoms with Crippen LogP contribution in [0, 0.1) is 15.9 Å². The van der Waals surface area contributed by atoms with E-state index in [9.17, 15) is 28.1 Å². The average Bonchev–Trinajstić information content (AvgIpc) is 2.60. The second-order valence-electron chi connectivity index (χ2n) is 5.24. The summed E-state index contributed by atoms with van der Waals surface area (Å²) >= 11 is 0. The van der Waals surface area contributed by atoms with Gasteiger partial charge < -0.3 is 14.8 Å². The van der Waals surface area contributed by atoms with Crippen molar-refractivity contribution in [2.75, 3.05) is 13.2 Å². The van der Waals surface area contributed by atoms with Crippen LogP contribution in [-0.2, 0) is 11.2 Å². The molecule has 0 heterocycles. The zero-order valence-electron chi connectivity index (χ0n) is 13.9. The van der Waals surface area contributed by atoms with E-state index in [2.05, 4.69) is 10.1 Å². The van der Waals surface area contributed by atoms with Crippen molar-refractivity contribution in [2.24, 2.45) is 0 Å². The molecule has 2 rings (SSSR count). The fraction of sp³-hybridized carbons (Fsp3) is 0.235. The third-order valence-corrected chi connectivity index (χ3v) is 3.38. The number of amides is 1. The van der Waals surface area contributed by atoms with Crippen LogP contribution in [0.2, 0.25) is 0 Å². The van der Waals surface area contributed by atoms with Crippen LogP contribution in [0.4, 0.5) is 18.9 Å². The molecule has 0 saturated carbocycles. The number of nitro groups is 1. The minimum atomic E-state index is -2.96. The average molecular weight is 384 g/mol. The van der Waals surface area contributed by atoms with Crippen LogP contribution in [0.3, 0.4) is 0 Å². The number of benzene rings is 2. The van der Waals surface area contributed by atoms with Gasteiger partial charge in [-0.2, -0.15) is 8.78 Å². The van der Waals surface area contributed by atoms with Gasteiger partial charge in [0.15, 0.2) is 6.61 Å². The van der Waals surface area contributed by atoms with Gasteiger partial charge in [-0.15, -0.1) is 0 Å². The highest BCUT2D eigenvalue weighted by Gasteiger charge is 2.17. The van der Waals surface area contributed by atoms with Gasteiger partial charge in [0.1, 0.15) is 11.6 Å². The Hall–Kier alpha value is -3.30. The summed E-state index contributed by atoms with van der Waals surface area (Å²) in [7, 11) is 0. The number of carbonyl (C=O) groups is 1. The Bertz CT molecular complexity index is 817. The lowest BCUT2D eigenvalue weighted by Gasteiger charge is -2.11. The molecule has 144 valence electrons. The monoisotopic (exact) mass is 384 g/mol. The summed E-state index contributed by atoms with van der Waals surface area (Å²) in [5, 5.41) is 13.3. The van der Waals surface area contributed by atoms with Gasteiger partial charge in [-0.05, 0) is 24.1 Å². The van der Waals surface area contributed by atoms with Gasteiger partial charge in [0.25, 0.3) is 5.91 Å². The first-order valence-corrected chi connectivity index (χ1v) is 7.73. The largest absolute Gasteiger partial charge is 0.477 e. The van der Waals surface area contributed by atoms with Crippen molar-refractivity contribution >= 4 is 11.6 Å². The van der Waals surface area contributed by atoms with E-state index in [1.165, 1.54) is 6.07 Å². The molecule has 0 saturated heterocycles. The number of nitrogens with one attached hydrogen (secondary N) is 1. The minimum absolute atomic E-state index is 0.00776. The molecule has 1 amide bonds. The third-order valence-electron chi connectivity index (χ3n) is 3.38. The Balaban J connectivity index is 1.86. The molecule has 10 heteroatoms. The number of carbonyl (C=O) groups excluding carboxylic acids is 1. The maximum atomic E-state index is 13.2. The molecule has 2 aromatic rings. The fourth-order valence-electron chi connectivity index (χ4n) is 2.21. The molecule has 1 N–H and O–H groups in total. The highest BCUT2D eigenvalue weighted by atomic mass is 19.3. The number of hydrogen-bond acceptors (Lipinski definition) is 5. The van der Waals surface area contributed by atoms with E-state index in [1.807, 2.05) is 0 Å². The molecular formula is C17H15F3N2O5. The first kappa shape index (κ1) is 20.0. The summed E-state index contributed by atoms with van der Waals surface area (Å²) in [6, 6.07) is 8.79. The Morgan fingerprint density at radius 2 is 1.93 bits per heavy atom. The standard InChI is InChI=1S/C17H15F3N2O5/c18-12-5-6-13(22(24)25)15(9-12)26-10-16(23)21-8-7-11-3-1-2-4-14(11)27-17(19)20/h1-6,9,17H,7-8,10H2,(H,21,23). The van der Waals surface area contributed by atoms with E-state index in [4.69, 9.17) is 4.74 Å². The molecule has 0 aliphatic rings. The van der Waals surface area contributed by atoms with Crippen molar-refractivity contribution in [1.29, 1.82) is 0 Å². The number of para-hydroxylation sites is 1. The van der Waals surface area contributed by atoms with Crippen LogP contribution in [0.5, 0.6) is 11.5 Å². The number of ether oxygens (including phenoxy) is 2. The van der Waals surface area contributed by atoms with Crippen molar-refractivity contribution in [2.45, 2.75) is 13.0 Å². The second-order valence-corrected chi connectivity index (χ2v) is 5.24. The SMILES string of the molecule is O=C(COc1cc(F)ccc1[N+](=O)[O-])NCCc1ccccc1OC(F)F. The predicted octanol–water partition coefficient (Wildman–Crippen LogP) is 3.07. The highest BCUT2D eigenvalue weighted by Crippen LogP contribution is 2.27. The normalized spacial score (nSPS) is 10.5. The first-order chi connectivity index (χ1) is 12.9. The number of rotatable bonds is 9. The van der Waals surface area contributed by atoms with Gasteiger partial charge in [0.05, 0.1) is 4.92 Å². The molecule has 0 aliphatic heterocycles. The molecule has 0 aromatic heterocycles. The Morgan fingerprint density at radius 3 is 2.63 bits per heavy atom. The predicted molar refractivity (Wildman–Crippen MR) is 88.3 cm³/mol. The van der Waals surface area contributed by atoms with Crippen molar-refractivity contribution < 1.29 is 32.4 Å². The molecule has 2 aromatic carbocycles. The van der Waals surface area contributed by atoms with Crippen LogP contribution >= 0.6 is 0 Å². The lowest BCUT2D eigenvalue weighted by molar-refractivity contribution is -0.385. The molecular weight excluding hydrogens is 369 g/mol. The van der Waals surface area contributed by atoms with Crippen LogP contribution in [0.1, 0.15) is 5.56 Å². The quantitative estimate of drug-likeness (QED) is 0.530. The van der Waals surface area contributed by atoms with Gasteiger partial charge in [0.2, 0.25) is 5.75 Å². The van der Waals surface area contributed by atoms with Crippen molar-refractivity contribution in [3.05, 3.63) is 64.0 Å². The topological polar surface area (TPSA) is 90.7 Å². The van der Waals surface area contributed by atoms with E-state index >= 15 is 0 Å². The molecule has 27 heavy (non-hydrogen) atoms. The van der Waals surface area contributed by atoms with Gasteiger partial charge in [-0.25, -0.2) is 4.39 Å². The number of halogens is 3. The summed E-state index contributed by atoms with van der Waals surface area (Å²) in [4.78, 5) is 21.9. The van der Waals surface area contributed by atoms with Crippen molar-refractivity contribution in [3.63, 3.8) is 0 Å². The van der Waals surface area contributed by atoms with Crippen molar-refractivity contribution in [3.8, 4) is 11.5 Å². The maximum absolute atomic E-state index is 13.2. The highest BCUT2D eigenvalue weighted by molar-refractivity contribution is 5.77. The molecule has 0 aliphatic carbocycles. The van der Waals surface area contributed by atoms with Crippen LogP contribution in [-0.4, -0.2) is 30.6 Å². The molecule has 0 radical (unpaired) electrons. The van der Waals surface area contributed by atoms with E-state index in [1.54, 1.807) is 18.2 Å². The Kier molecular flexibility index (Phi) is 6.98. The molecule has 7 nitrogen and oxygen atoms in total. The lowest BCUT2D eigenvalue weighted by atomic mass is 10.1. The Morgan fingerprint density at radius 1 is 1.19 bits per heavy atom. The smallest absolute Gasteiger partial charge is 0.387 e. The summed E-state index contributed by atoms with van der Waals surface area (Å²) in [6.45, 7) is -3.44. The summed E-state index contributed by atoms with van der Waals surface area (Å²) in [6.07, 6.45) is 0.217. The zero-order chi connectivity index (χ0) is 19.8. The van der Waals surface area contributed by atoms with Crippen molar-refractivity contribution in [1.82, 2.24) is 5.32 Å². The van der Waals surface area contributed by atoms with E-state index < -0.39 is 35.6 Å². The number of nitrogens with zero attached hydrogens (tertiary/aromatic N) is 1. The first-order valence-electron chi connectivity index (χ1n) is 7.73. The fourth-order valence-corrected chi connectivity index (χ4v) is 2.21. The number of nitro benzene ring substituents is 1. The molecule has 0 fully saturated rings. The maximum Gasteiger partial charge on any atom is 0.387 e. The van der Waals surface area contributed by atoms with Crippen LogP contribution in [0.25, 0.3) is 0 Å². The van der Waals surface area contributed by atoms with E-state index in [-0.39, 0.29) is 24.5 Å². The van der Waals surface area contributed by atoms with Gasteiger partial charge in [0, 0.05) is 18.7 Å². The minimum Gasteiger partial charge on any atom is -0.477 e. The number of alkyl halides is 2. The molecule has 0 atom stereocenters. The molecule has 0 bridgehead atoms. The van der Waals surface area contributed by atoms with Crippen LogP contribution < -0.4 is 14.8 Å². The van der Waals surface area contributed by atoms with Gasteiger partial charge in [-0.3, -0.25) is 14.9 Å². The van der Waals surface area contributed by atoms with E-state index in [0.717, 1.165) is 18.2 Å². The zero-order valence-corrected chi connectivity index (χ0v) is 13.9. The second kappa shape index (κ2) is 9.41. The van der Waals surface area contributed by atoms with E-state index in [0.29, 0.717) is 5.56 Å². The lowest BCUT2D eigenvalue weighted by Crippen LogP contribution is -2.30. The number of hydrogen-bond donors (Lipinski definition) is 1. The van der Waals surface area contributed by atoms with Crippen LogP contribution in [0.15, 0.2) is 42.5 Å².